The van der Waals surface area contributed by atoms with Crippen molar-refractivity contribution < 1.29 is 40.0 Å². The fraction of sp³-hybridized carbons (Fsp3) is 0.714. The van der Waals surface area contributed by atoms with Gasteiger partial charge in [-0.3, -0.25) is 10.0 Å². The summed E-state index contributed by atoms with van der Waals surface area (Å²) in [6, 6.07) is 0. The number of aliphatic hydroxyl groups is 3. The smallest absolute Gasteiger partial charge is 0.335 e. The lowest BCUT2D eigenvalue weighted by Crippen LogP contribution is -2.63. The lowest BCUT2D eigenvalue weighted by Gasteiger charge is -2.40. The Morgan fingerprint density at radius 3 is 2.19 bits per heavy atom. The molecule has 0 spiro atoms. The van der Waals surface area contributed by atoms with E-state index >= 15 is 0 Å². The van der Waals surface area contributed by atoms with E-state index in [-0.39, 0.29) is 11.5 Å². The molecular formula is C7H11NO8. The van der Waals surface area contributed by atoms with Gasteiger partial charge in [0.1, 0.15) is 18.3 Å². The van der Waals surface area contributed by atoms with Gasteiger partial charge in [-0.05, 0) is 0 Å². The number of carbonyl (C=O) groups excluding carboxylic acids is 1. The van der Waals surface area contributed by atoms with Crippen LogP contribution < -0.4 is 0 Å². The summed E-state index contributed by atoms with van der Waals surface area (Å²) in [5.41, 5.74) is 0. The van der Waals surface area contributed by atoms with Crippen LogP contribution in [-0.2, 0) is 14.3 Å². The molecule has 0 saturated carbocycles. The van der Waals surface area contributed by atoms with Crippen molar-refractivity contribution in [3.63, 3.8) is 0 Å². The van der Waals surface area contributed by atoms with Crippen molar-refractivity contribution in [2.24, 2.45) is 0 Å². The summed E-state index contributed by atoms with van der Waals surface area (Å²) in [5, 5.41) is 45.3. The molecule has 1 aliphatic heterocycles. The maximum Gasteiger partial charge on any atom is 0.335 e. The van der Waals surface area contributed by atoms with Gasteiger partial charge < -0.3 is 25.2 Å². The van der Waals surface area contributed by atoms with Gasteiger partial charge in [-0.1, -0.05) is 0 Å². The Morgan fingerprint density at radius 1 is 1.19 bits per heavy atom. The van der Waals surface area contributed by atoms with Crippen LogP contribution in [0.4, 0.5) is 0 Å². The molecule has 5 N–H and O–H groups in total. The molecule has 16 heavy (non-hydrogen) atoms. The van der Waals surface area contributed by atoms with Crippen molar-refractivity contribution in [2.45, 2.75) is 30.6 Å². The van der Waals surface area contributed by atoms with Crippen molar-refractivity contribution in [1.82, 2.24) is 5.06 Å². The van der Waals surface area contributed by atoms with Gasteiger partial charge in [0.25, 0.3) is 0 Å². The van der Waals surface area contributed by atoms with Gasteiger partial charge in [0.2, 0.25) is 6.41 Å². The first-order valence-corrected chi connectivity index (χ1v) is 4.25. The average Bonchev–Trinajstić information content (AvgIpc) is 2.25. The molecule has 0 bridgehead atoms. The molecule has 92 valence electrons. The monoisotopic (exact) mass is 237 g/mol. The molecule has 5 atom stereocenters. The Labute approximate surface area is 89.0 Å². The number of aliphatic hydroxyl groups excluding tert-OH is 3. The van der Waals surface area contributed by atoms with Gasteiger partial charge in [0.15, 0.2) is 12.3 Å². The molecule has 1 fully saturated rings. The third-order valence-corrected chi connectivity index (χ3v) is 2.20. The molecule has 0 unspecified atom stereocenters. The Morgan fingerprint density at radius 2 is 1.75 bits per heavy atom. The first-order valence-electron chi connectivity index (χ1n) is 4.25. The number of amides is 1. The number of ether oxygens (including phenoxy) is 1. The quantitative estimate of drug-likeness (QED) is 0.195. The molecule has 1 amide bonds. The summed E-state index contributed by atoms with van der Waals surface area (Å²) >= 11 is 0. The van der Waals surface area contributed by atoms with Gasteiger partial charge in [0.05, 0.1) is 0 Å². The molecular weight excluding hydrogens is 226 g/mol. The van der Waals surface area contributed by atoms with Crippen molar-refractivity contribution >= 4 is 12.4 Å². The van der Waals surface area contributed by atoms with E-state index in [1.807, 2.05) is 0 Å². The van der Waals surface area contributed by atoms with Crippen LogP contribution >= 0.6 is 0 Å². The highest BCUT2D eigenvalue weighted by atomic mass is 16.6. The summed E-state index contributed by atoms with van der Waals surface area (Å²) in [6.07, 6.45) is -9.26. The molecule has 0 aromatic carbocycles. The second-order valence-corrected chi connectivity index (χ2v) is 3.24. The number of hydrogen-bond donors (Lipinski definition) is 5. The predicted octanol–water partition coefficient (Wildman–Crippen LogP) is -3.27. The third kappa shape index (κ3) is 2.13. The third-order valence-electron chi connectivity index (χ3n) is 2.20. The zero-order valence-electron chi connectivity index (χ0n) is 7.87. The zero-order valence-corrected chi connectivity index (χ0v) is 7.87. The molecule has 9 heteroatoms. The van der Waals surface area contributed by atoms with E-state index in [1.54, 1.807) is 0 Å². The van der Waals surface area contributed by atoms with Crippen LogP contribution in [0, 0.1) is 0 Å². The van der Waals surface area contributed by atoms with E-state index in [1.165, 1.54) is 0 Å². The number of carboxylic acids is 1. The molecule has 0 aliphatic carbocycles. The van der Waals surface area contributed by atoms with Gasteiger partial charge in [0, 0.05) is 0 Å². The van der Waals surface area contributed by atoms with E-state index in [2.05, 4.69) is 4.74 Å². The van der Waals surface area contributed by atoms with Crippen LogP contribution in [0.3, 0.4) is 0 Å². The second kappa shape index (κ2) is 4.72. The summed E-state index contributed by atoms with van der Waals surface area (Å²) in [6.45, 7) is 0. The van der Waals surface area contributed by atoms with Gasteiger partial charge in [-0.2, -0.15) is 5.06 Å². The standard InChI is InChI=1S/C7H11NO8/c9-1-8(15)6-4(12)2(10)3(11)5(16-6)7(13)14/h1-6,10-12,15H,(H,13,14)/t2-,3+,4+,5-,6+/m0/s1. The predicted molar refractivity (Wildman–Crippen MR) is 44.0 cm³/mol. The van der Waals surface area contributed by atoms with Crippen LogP contribution in [0.5, 0.6) is 0 Å². The Hall–Kier alpha value is -1.26. The second-order valence-electron chi connectivity index (χ2n) is 3.24. The first kappa shape index (κ1) is 12.8. The summed E-state index contributed by atoms with van der Waals surface area (Å²) in [5.74, 6) is -1.59. The Bertz CT molecular complexity index is 284. The number of nitrogens with zero attached hydrogens (tertiary/aromatic N) is 1. The number of carbonyl (C=O) groups is 2. The molecule has 1 aliphatic rings. The van der Waals surface area contributed by atoms with E-state index in [0.717, 1.165) is 0 Å². The van der Waals surface area contributed by atoms with Gasteiger partial charge in [-0.25, -0.2) is 4.79 Å². The maximum absolute atomic E-state index is 10.6. The van der Waals surface area contributed by atoms with Gasteiger partial charge in [-0.15, -0.1) is 0 Å². The zero-order chi connectivity index (χ0) is 12.5. The topological polar surface area (TPSA) is 148 Å². The van der Waals surface area contributed by atoms with Gasteiger partial charge >= 0.3 is 5.97 Å². The molecule has 1 heterocycles. The van der Waals surface area contributed by atoms with E-state index < -0.39 is 36.6 Å². The fourth-order valence-electron chi connectivity index (χ4n) is 1.34. The summed E-state index contributed by atoms with van der Waals surface area (Å²) < 4.78 is 4.58. The molecule has 9 nitrogen and oxygen atoms in total. The Kier molecular flexibility index (Phi) is 3.78. The molecule has 0 radical (unpaired) electrons. The average molecular weight is 237 g/mol. The SMILES string of the molecule is O=CN(O)[C@@H]1O[C@H](C(=O)O)[C@H](O)[C@H](O)[C@H]1O. The normalized spacial score (nSPS) is 39.1. The molecule has 0 aromatic rings. The van der Waals surface area contributed by atoms with Crippen molar-refractivity contribution in [3.05, 3.63) is 0 Å². The van der Waals surface area contributed by atoms with Crippen LogP contribution in [0.1, 0.15) is 0 Å². The largest absolute Gasteiger partial charge is 0.479 e. The van der Waals surface area contributed by atoms with Crippen molar-refractivity contribution in [1.29, 1.82) is 0 Å². The minimum Gasteiger partial charge on any atom is -0.479 e. The lowest BCUT2D eigenvalue weighted by atomic mass is 9.98. The minimum atomic E-state index is -1.86. The molecule has 0 aromatic heterocycles. The number of aliphatic carboxylic acids is 1. The van der Waals surface area contributed by atoms with Crippen molar-refractivity contribution in [3.8, 4) is 0 Å². The molecule has 1 saturated heterocycles. The fourth-order valence-corrected chi connectivity index (χ4v) is 1.34. The Balaban J connectivity index is 2.89. The van der Waals surface area contributed by atoms with Crippen LogP contribution in [0.15, 0.2) is 0 Å². The lowest BCUT2D eigenvalue weighted by molar-refractivity contribution is -0.298. The number of rotatable bonds is 3. The number of carboxylic acid groups (broad SMARTS) is 1. The summed E-state index contributed by atoms with van der Waals surface area (Å²) in [7, 11) is 0. The van der Waals surface area contributed by atoms with E-state index in [0.29, 0.717) is 0 Å². The molecule has 1 rings (SSSR count). The van der Waals surface area contributed by atoms with Crippen LogP contribution in [-0.4, -0.2) is 73.7 Å². The summed E-state index contributed by atoms with van der Waals surface area (Å²) in [4.78, 5) is 20.8. The van der Waals surface area contributed by atoms with Crippen LogP contribution in [0.2, 0.25) is 0 Å². The van der Waals surface area contributed by atoms with E-state index in [9.17, 15) is 24.9 Å². The van der Waals surface area contributed by atoms with Crippen molar-refractivity contribution in [2.75, 3.05) is 0 Å². The van der Waals surface area contributed by atoms with E-state index in [4.69, 9.17) is 10.3 Å². The maximum atomic E-state index is 10.6. The number of hydrogen-bond acceptors (Lipinski definition) is 7. The van der Waals surface area contributed by atoms with Crippen LogP contribution in [0.25, 0.3) is 0 Å². The number of hydroxylamine groups is 2. The highest BCUT2D eigenvalue weighted by Crippen LogP contribution is 2.22. The highest BCUT2D eigenvalue weighted by Gasteiger charge is 2.48. The minimum absolute atomic E-state index is 0.128. The highest BCUT2D eigenvalue weighted by molar-refractivity contribution is 5.73. The first-order chi connectivity index (χ1) is 7.40.